The minimum absolute atomic E-state index is 0.00413. The Bertz CT molecular complexity index is 1750. The van der Waals surface area contributed by atoms with Gasteiger partial charge in [0.25, 0.3) is 0 Å². The van der Waals surface area contributed by atoms with Crippen LogP contribution in [0.4, 0.5) is 42.5 Å². The maximum absolute atomic E-state index is 13.8. The Kier molecular flexibility index (Phi) is 12.0. The number of hydrogen-bond acceptors (Lipinski definition) is 10. The van der Waals surface area contributed by atoms with E-state index in [-0.39, 0.29) is 60.6 Å². The van der Waals surface area contributed by atoms with E-state index in [2.05, 4.69) is 9.97 Å². The van der Waals surface area contributed by atoms with Gasteiger partial charge in [0.1, 0.15) is 11.5 Å². The number of carbonyl (C=O) groups is 2. The fraction of sp³-hybridized carbons (Fsp3) is 0.514. The topological polar surface area (TPSA) is 153 Å². The van der Waals surface area contributed by atoms with Crippen LogP contribution in [-0.2, 0) is 33.0 Å². The largest absolute Gasteiger partial charge is 0.481 e. The van der Waals surface area contributed by atoms with Crippen molar-refractivity contribution >= 4 is 23.4 Å². The van der Waals surface area contributed by atoms with Crippen molar-refractivity contribution in [1.82, 2.24) is 15.0 Å². The molecule has 0 aliphatic carbocycles. The highest BCUT2D eigenvalue weighted by Gasteiger charge is 2.47. The van der Waals surface area contributed by atoms with Gasteiger partial charge in [-0.05, 0) is 61.9 Å². The Hall–Kier alpha value is -4.71. The van der Waals surface area contributed by atoms with Gasteiger partial charge in [-0.2, -0.15) is 26.3 Å². The summed E-state index contributed by atoms with van der Waals surface area (Å²) < 4.78 is 99.2. The molecule has 1 saturated heterocycles. The summed E-state index contributed by atoms with van der Waals surface area (Å²) in [6.07, 6.45) is -8.12. The van der Waals surface area contributed by atoms with Gasteiger partial charge in [0.15, 0.2) is 0 Å². The molecule has 1 amide bonds. The number of halogens is 6. The molecule has 4 heterocycles. The van der Waals surface area contributed by atoms with Gasteiger partial charge in [-0.3, -0.25) is 9.69 Å². The molecule has 53 heavy (non-hydrogen) atoms. The molecule has 3 N–H and O–H groups in total. The van der Waals surface area contributed by atoms with E-state index >= 15 is 0 Å². The van der Waals surface area contributed by atoms with Gasteiger partial charge in [-0.15, -0.1) is 0 Å². The molecule has 18 heteroatoms. The minimum atomic E-state index is -5.03. The maximum Gasteiger partial charge on any atom is 0.416 e. The number of rotatable bonds is 12. The fourth-order valence-corrected chi connectivity index (χ4v) is 6.47. The predicted molar refractivity (Wildman–Crippen MR) is 179 cm³/mol. The molecule has 2 aliphatic heterocycles. The van der Waals surface area contributed by atoms with Crippen molar-refractivity contribution in [3.63, 3.8) is 0 Å². The van der Waals surface area contributed by atoms with E-state index in [0.717, 1.165) is 0 Å². The summed E-state index contributed by atoms with van der Waals surface area (Å²) in [6.45, 7) is 3.22. The number of nitrogens with zero attached hydrogens (tertiary/aromatic N) is 5. The Morgan fingerprint density at radius 3 is 2.28 bits per heavy atom. The number of aromatic nitrogens is 3. The highest BCUT2D eigenvalue weighted by atomic mass is 19.4. The van der Waals surface area contributed by atoms with Gasteiger partial charge in [0.05, 0.1) is 72.9 Å². The first-order valence-electron chi connectivity index (χ1n) is 17.0. The number of aliphatic carboxylic acids is 1. The first kappa shape index (κ1) is 39.5. The van der Waals surface area contributed by atoms with Gasteiger partial charge in [-0.25, -0.2) is 19.7 Å². The molecule has 0 spiro atoms. The number of anilines is 2. The number of benzene rings is 1. The number of ether oxygens (including phenoxy) is 3. The zero-order valence-corrected chi connectivity index (χ0v) is 29.1. The Balaban J connectivity index is 1.56. The van der Waals surface area contributed by atoms with Crippen molar-refractivity contribution in [1.29, 1.82) is 0 Å². The van der Waals surface area contributed by atoms with E-state index in [1.807, 2.05) is 4.90 Å². The van der Waals surface area contributed by atoms with Gasteiger partial charge in [0, 0.05) is 32.0 Å². The first-order valence-corrected chi connectivity index (χ1v) is 17.0. The van der Waals surface area contributed by atoms with Crippen LogP contribution in [-0.4, -0.2) is 77.8 Å². The third kappa shape index (κ3) is 9.27. The molecule has 0 saturated carbocycles. The second-order valence-corrected chi connectivity index (χ2v) is 12.9. The highest BCUT2D eigenvalue weighted by Crippen LogP contribution is 2.46. The lowest BCUT2D eigenvalue weighted by atomic mass is 9.83. The molecule has 3 aromatic rings. The number of methoxy groups -OCH3 is 1. The second kappa shape index (κ2) is 16.1. The molecule has 0 bridgehead atoms. The summed E-state index contributed by atoms with van der Waals surface area (Å²) in [7, 11) is 1.40. The highest BCUT2D eigenvalue weighted by molar-refractivity contribution is 5.91. The summed E-state index contributed by atoms with van der Waals surface area (Å²) >= 11 is 0. The van der Waals surface area contributed by atoms with Crippen LogP contribution in [0, 0.1) is 0 Å². The number of carboxylic acid groups (broad SMARTS) is 1. The SMILES string of the molecule is CC[C@]1(N)C[C@H](c2ncc(N3CCOCC3)c(Cc3cc(C(F)(F)F)cc(C(F)(F)F)c3)n2)c2nc(OC)ccc2N1C(=O)OCCCCCC(=O)O. The Morgan fingerprint density at radius 2 is 1.68 bits per heavy atom. The number of amides is 1. The molecule has 0 radical (unpaired) electrons. The van der Waals surface area contributed by atoms with E-state index in [0.29, 0.717) is 69.1 Å². The lowest BCUT2D eigenvalue weighted by Crippen LogP contribution is -2.61. The number of unbranched alkanes of at least 4 members (excludes halogenated alkanes) is 2. The van der Waals surface area contributed by atoms with E-state index in [1.165, 1.54) is 24.3 Å². The number of carboxylic acids is 1. The third-order valence-electron chi connectivity index (χ3n) is 9.26. The lowest BCUT2D eigenvalue weighted by molar-refractivity contribution is -0.143. The van der Waals surface area contributed by atoms with Gasteiger partial charge < -0.3 is 30.0 Å². The summed E-state index contributed by atoms with van der Waals surface area (Å²) in [5.41, 5.74) is 3.59. The molecule has 1 aromatic carbocycles. The monoisotopic (exact) mass is 754 g/mol. The molecule has 0 unspecified atom stereocenters. The zero-order valence-electron chi connectivity index (χ0n) is 29.1. The molecular weight excluding hydrogens is 714 g/mol. The van der Waals surface area contributed by atoms with Crippen molar-refractivity contribution in [3.8, 4) is 5.88 Å². The van der Waals surface area contributed by atoms with Crippen molar-refractivity contribution in [2.75, 3.05) is 49.8 Å². The molecule has 2 aliphatic rings. The normalized spacial score (nSPS) is 19.2. The number of pyridine rings is 1. The number of hydrogen-bond donors (Lipinski definition) is 2. The van der Waals surface area contributed by atoms with Gasteiger partial charge in [0.2, 0.25) is 5.88 Å². The van der Waals surface area contributed by atoms with Crippen LogP contribution in [0.5, 0.6) is 5.88 Å². The predicted octanol–water partition coefficient (Wildman–Crippen LogP) is 6.53. The third-order valence-corrected chi connectivity index (χ3v) is 9.26. The van der Waals surface area contributed by atoms with Crippen LogP contribution in [0.15, 0.2) is 36.5 Å². The van der Waals surface area contributed by atoms with Crippen molar-refractivity contribution in [2.24, 2.45) is 5.73 Å². The summed E-state index contributed by atoms with van der Waals surface area (Å²) in [6, 6.07) is 4.56. The van der Waals surface area contributed by atoms with Crippen LogP contribution in [0.3, 0.4) is 0 Å². The molecule has 288 valence electrons. The number of alkyl halides is 6. The van der Waals surface area contributed by atoms with E-state index < -0.39 is 53.5 Å². The smallest absolute Gasteiger partial charge is 0.416 e. The quantitative estimate of drug-likeness (QED) is 0.153. The van der Waals surface area contributed by atoms with Crippen LogP contribution in [0.2, 0.25) is 0 Å². The van der Waals surface area contributed by atoms with Crippen molar-refractivity contribution in [3.05, 3.63) is 70.4 Å². The van der Waals surface area contributed by atoms with Gasteiger partial charge >= 0.3 is 24.4 Å². The maximum atomic E-state index is 13.8. The van der Waals surface area contributed by atoms with E-state index in [4.69, 9.17) is 30.0 Å². The van der Waals surface area contributed by atoms with E-state index in [9.17, 15) is 35.9 Å². The number of carbonyl (C=O) groups excluding carboxylic acids is 1. The second-order valence-electron chi connectivity index (χ2n) is 12.9. The van der Waals surface area contributed by atoms with E-state index in [1.54, 1.807) is 13.0 Å². The molecule has 2 aromatic heterocycles. The molecule has 5 rings (SSSR count). The van der Waals surface area contributed by atoms with Crippen LogP contribution >= 0.6 is 0 Å². The number of fused-ring (bicyclic) bond motifs is 1. The number of morpholine rings is 1. The van der Waals surface area contributed by atoms with Crippen LogP contribution in [0.25, 0.3) is 0 Å². The Labute approximate surface area is 301 Å². The fourth-order valence-electron chi connectivity index (χ4n) is 6.47. The lowest BCUT2D eigenvalue weighted by Gasteiger charge is -2.46. The first-order chi connectivity index (χ1) is 25.0. The summed E-state index contributed by atoms with van der Waals surface area (Å²) in [5.74, 6) is -1.39. The van der Waals surface area contributed by atoms with Crippen molar-refractivity contribution < 1.29 is 55.2 Å². The summed E-state index contributed by atoms with van der Waals surface area (Å²) in [4.78, 5) is 41.6. The van der Waals surface area contributed by atoms with Crippen molar-refractivity contribution in [2.45, 2.75) is 75.8 Å². The van der Waals surface area contributed by atoms with Crippen LogP contribution in [0.1, 0.15) is 85.3 Å². The Morgan fingerprint density at radius 1 is 1.00 bits per heavy atom. The molecule has 1 fully saturated rings. The molecule has 2 atom stereocenters. The standard InChI is InChI=1S/C35H40F6N6O6/c1-3-33(42)19-24(30-26(8-9-28(45-30)51-2)47(33)32(50)53-12-6-4-5-7-29(48)49)31-43-20-27(46-10-13-52-14-11-46)25(44-31)17-21-15-22(34(36,37)38)18-23(16-21)35(39,40)41/h8-9,15-16,18,20,24H,3-7,10-14,17,19,42H2,1-2H3,(H,48,49)/t24-,33+/m0/s1. The zero-order chi connectivity index (χ0) is 38.6. The van der Waals surface area contributed by atoms with Crippen LogP contribution < -0.4 is 20.3 Å². The van der Waals surface area contributed by atoms with Gasteiger partial charge in [-0.1, -0.05) is 6.92 Å². The summed E-state index contributed by atoms with van der Waals surface area (Å²) in [5, 5.41) is 8.86. The average Bonchev–Trinajstić information content (AvgIpc) is 3.11. The minimum Gasteiger partial charge on any atom is -0.481 e. The number of nitrogens with two attached hydrogens (primary N) is 1. The molecule has 12 nitrogen and oxygen atoms in total. The average molecular weight is 755 g/mol. The molecular formula is C35H40F6N6O6.